The number of hydrogen-bond acceptors (Lipinski definition) is 6. The number of nitriles is 1. The second-order valence-electron chi connectivity index (χ2n) is 8.14. The second kappa shape index (κ2) is 9.48. The highest BCUT2D eigenvalue weighted by Crippen LogP contribution is 2.37. The molecule has 1 N–H and O–H groups in total. The number of para-hydroxylation sites is 1. The molecule has 3 heterocycles. The van der Waals surface area contributed by atoms with Gasteiger partial charge in [-0.15, -0.1) is 11.3 Å². The maximum atomic E-state index is 14.0. The molecule has 5 aromatic rings. The van der Waals surface area contributed by atoms with Gasteiger partial charge in [0, 0.05) is 17.0 Å². The van der Waals surface area contributed by atoms with Crippen LogP contribution in [-0.2, 0) is 12.7 Å². The lowest BCUT2D eigenvalue weighted by atomic mass is 10.1. The fourth-order valence-electron chi connectivity index (χ4n) is 3.91. The van der Waals surface area contributed by atoms with Crippen LogP contribution in [0.2, 0.25) is 0 Å². The maximum absolute atomic E-state index is 14.0. The summed E-state index contributed by atoms with van der Waals surface area (Å²) in [5, 5.41) is 18.1. The zero-order chi connectivity index (χ0) is 26.2. The quantitative estimate of drug-likeness (QED) is 0.305. The summed E-state index contributed by atoms with van der Waals surface area (Å²) in [7, 11) is 0. The number of rotatable bonds is 5. The molecule has 0 aliphatic rings. The van der Waals surface area contributed by atoms with E-state index in [-0.39, 0.29) is 17.8 Å². The number of pyridine rings is 1. The van der Waals surface area contributed by atoms with Crippen molar-refractivity contribution in [1.82, 2.24) is 19.7 Å². The van der Waals surface area contributed by atoms with Crippen molar-refractivity contribution < 1.29 is 18.0 Å². The minimum absolute atomic E-state index is 0.0306. The van der Waals surface area contributed by atoms with E-state index in [0.717, 1.165) is 0 Å². The van der Waals surface area contributed by atoms with Crippen LogP contribution >= 0.6 is 11.3 Å². The standard InChI is InChI=1S/C26H17F3N6OS/c1-15-22(23(26(27,28)29)34-35(15)14-17-8-6-16(13-30)7-9-17)33-24(36)19-12-21(25-31-10-11-37-25)32-20-5-3-2-4-18(19)20/h2-12H,14H2,1H3,(H,33,36). The molecule has 184 valence electrons. The SMILES string of the molecule is Cc1c(NC(=O)c2cc(-c3nccs3)nc3ccccc23)c(C(F)(F)F)nn1Cc1ccc(C#N)cc1. The zero-order valence-electron chi connectivity index (χ0n) is 19.2. The molecule has 2 aromatic carbocycles. The number of carbonyl (C=O) groups is 1. The van der Waals surface area contributed by atoms with Gasteiger partial charge < -0.3 is 5.32 Å². The lowest BCUT2D eigenvalue weighted by Crippen LogP contribution is -2.17. The Hall–Kier alpha value is -4.56. The summed E-state index contributed by atoms with van der Waals surface area (Å²) in [4.78, 5) is 22.2. The topological polar surface area (TPSA) is 96.5 Å². The Morgan fingerprint density at radius 3 is 2.59 bits per heavy atom. The Morgan fingerprint density at radius 1 is 1.16 bits per heavy atom. The molecule has 0 spiro atoms. The average molecular weight is 519 g/mol. The van der Waals surface area contributed by atoms with Gasteiger partial charge in [0.15, 0.2) is 5.69 Å². The number of carbonyl (C=O) groups excluding carboxylic acids is 1. The molecule has 37 heavy (non-hydrogen) atoms. The Kier molecular flexibility index (Phi) is 6.19. The van der Waals surface area contributed by atoms with E-state index in [2.05, 4.69) is 20.4 Å². The maximum Gasteiger partial charge on any atom is 0.437 e. The van der Waals surface area contributed by atoms with Crippen molar-refractivity contribution in [2.45, 2.75) is 19.6 Å². The first kappa shape index (κ1) is 24.1. The molecular weight excluding hydrogens is 501 g/mol. The molecule has 1 amide bonds. The highest BCUT2D eigenvalue weighted by molar-refractivity contribution is 7.13. The van der Waals surface area contributed by atoms with Gasteiger partial charge in [0.2, 0.25) is 0 Å². The first-order chi connectivity index (χ1) is 17.7. The van der Waals surface area contributed by atoms with E-state index >= 15 is 0 Å². The van der Waals surface area contributed by atoms with Crippen LogP contribution in [0.4, 0.5) is 18.9 Å². The Morgan fingerprint density at radius 2 is 1.92 bits per heavy atom. The third kappa shape index (κ3) is 4.79. The highest BCUT2D eigenvalue weighted by Gasteiger charge is 2.39. The predicted octanol–water partition coefficient (Wildman–Crippen LogP) is 6.05. The number of fused-ring (bicyclic) bond motifs is 1. The first-order valence-electron chi connectivity index (χ1n) is 11.0. The summed E-state index contributed by atoms with van der Waals surface area (Å²) >= 11 is 1.34. The Bertz CT molecular complexity index is 1650. The minimum Gasteiger partial charge on any atom is -0.319 e. The van der Waals surface area contributed by atoms with Crippen molar-refractivity contribution in [2.75, 3.05) is 5.32 Å². The smallest absolute Gasteiger partial charge is 0.319 e. The number of benzene rings is 2. The molecule has 0 radical (unpaired) electrons. The van der Waals surface area contributed by atoms with Crippen molar-refractivity contribution in [2.24, 2.45) is 0 Å². The molecule has 0 fully saturated rings. The van der Waals surface area contributed by atoms with Crippen LogP contribution in [0.15, 0.2) is 66.2 Å². The third-order valence-electron chi connectivity index (χ3n) is 5.74. The van der Waals surface area contributed by atoms with Crippen molar-refractivity contribution in [3.63, 3.8) is 0 Å². The average Bonchev–Trinajstić information content (AvgIpc) is 3.53. The number of anilines is 1. The summed E-state index contributed by atoms with van der Waals surface area (Å²) < 4.78 is 43.1. The molecule has 0 unspecified atom stereocenters. The fourth-order valence-corrected chi connectivity index (χ4v) is 4.51. The lowest BCUT2D eigenvalue weighted by Gasteiger charge is -2.12. The second-order valence-corrected chi connectivity index (χ2v) is 9.03. The number of thiazole rings is 1. The monoisotopic (exact) mass is 518 g/mol. The number of nitrogens with zero attached hydrogens (tertiary/aromatic N) is 5. The predicted molar refractivity (Wildman–Crippen MR) is 133 cm³/mol. The Labute approximate surface area is 212 Å². The molecule has 0 saturated heterocycles. The van der Waals surface area contributed by atoms with Crippen molar-refractivity contribution in [3.8, 4) is 16.8 Å². The number of hydrogen-bond donors (Lipinski definition) is 1. The van der Waals surface area contributed by atoms with Gasteiger partial charge in [0.1, 0.15) is 10.7 Å². The van der Waals surface area contributed by atoms with Crippen molar-refractivity contribution >= 4 is 33.8 Å². The van der Waals surface area contributed by atoms with E-state index < -0.39 is 23.5 Å². The first-order valence-corrected chi connectivity index (χ1v) is 11.9. The summed E-state index contributed by atoms with van der Waals surface area (Å²) in [5.41, 5.74) is 0.767. The van der Waals surface area contributed by atoms with E-state index in [1.807, 2.05) is 6.07 Å². The van der Waals surface area contributed by atoms with Crippen molar-refractivity contribution in [3.05, 3.63) is 94.3 Å². The number of amides is 1. The normalized spacial score (nSPS) is 11.4. The van der Waals surface area contributed by atoms with E-state index in [9.17, 15) is 18.0 Å². The molecule has 0 aliphatic carbocycles. The van der Waals surface area contributed by atoms with Gasteiger partial charge in [0.25, 0.3) is 5.91 Å². The molecule has 7 nitrogen and oxygen atoms in total. The van der Waals surface area contributed by atoms with Gasteiger partial charge in [-0.2, -0.15) is 23.5 Å². The van der Waals surface area contributed by atoms with Gasteiger partial charge in [-0.05, 0) is 36.8 Å². The number of halogens is 3. The van der Waals surface area contributed by atoms with Crippen LogP contribution in [-0.4, -0.2) is 25.7 Å². The molecule has 5 rings (SSSR count). The summed E-state index contributed by atoms with van der Waals surface area (Å²) in [6.45, 7) is 1.50. The van der Waals surface area contributed by atoms with Gasteiger partial charge >= 0.3 is 6.18 Å². The van der Waals surface area contributed by atoms with Gasteiger partial charge in [-0.1, -0.05) is 30.3 Å². The van der Waals surface area contributed by atoms with Gasteiger partial charge in [-0.3, -0.25) is 9.48 Å². The Balaban J connectivity index is 1.55. The molecule has 3 aromatic heterocycles. The van der Waals surface area contributed by atoms with Crippen LogP contribution in [0.1, 0.15) is 32.9 Å². The zero-order valence-corrected chi connectivity index (χ0v) is 20.1. The largest absolute Gasteiger partial charge is 0.437 e. The van der Waals surface area contributed by atoms with Gasteiger partial charge in [0.05, 0.1) is 40.6 Å². The van der Waals surface area contributed by atoms with Crippen LogP contribution < -0.4 is 5.32 Å². The van der Waals surface area contributed by atoms with E-state index in [1.54, 1.807) is 60.1 Å². The van der Waals surface area contributed by atoms with Crippen LogP contribution in [0.5, 0.6) is 0 Å². The molecular formula is C26H17F3N6OS. The number of alkyl halides is 3. The van der Waals surface area contributed by atoms with Crippen LogP contribution in [0.25, 0.3) is 21.6 Å². The third-order valence-corrected chi connectivity index (χ3v) is 6.54. The number of aromatic nitrogens is 4. The number of nitrogens with one attached hydrogen (secondary N) is 1. The van der Waals surface area contributed by atoms with Gasteiger partial charge in [-0.25, -0.2) is 9.97 Å². The summed E-state index contributed by atoms with van der Waals surface area (Å²) in [6.07, 6.45) is -3.19. The molecule has 0 atom stereocenters. The highest BCUT2D eigenvalue weighted by atomic mass is 32.1. The molecule has 0 aliphatic heterocycles. The summed E-state index contributed by atoms with van der Waals surface area (Å²) in [6, 6.07) is 16.9. The minimum atomic E-state index is -4.80. The lowest BCUT2D eigenvalue weighted by molar-refractivity contribution is -0.140. The van der Waals surface area contributed by atoms with E-state index in [4.69, 9.17) is 5.26 Å². The molecule has 0 saturated carbocycles. The van der Waals surface area contributed by atoms with E-state index in [1.165, 1.54) is 29.0 Å². The van der Waals surface area contributed by atoms with E-state index in [0.29, 0.717) is 32.7 Å². The van der Waals surface area contributed by atoms with Crippen LogP contribution in [0, 0.1) is 18.3 Å². The van der Waals surface area contributed by atoms with Crippen molar-refractivity contribution in [1.29, 1.82) is 5.26 Å². The molecule has 0 bridgehead atoms. The van der Waals surface area contributed by atoms with Crippen LogP contribution in [0.3, 0.4) is 0 Å². The molecule has 11 heteroatoms. The summed E-state index contributed by atoms with van der Waals surface area (Å²) in [5.74, 6) is -0.720. The fraction of sp³-hybridized carbons (Fsp3) is 0.115.